The summed E-state index contributed by atoms with van der Waals surface area (Å²) in [6, 6.07) is -0.509. The number of carbonyl (C=O) groups excluding carboxylic acids is 1. The lowest BCUT2D eigenvalue weighted by molar-refractivity contribution is -0.124. The van der Waals surface area contributed by atoms with Crippen molar-refractivity contribution in [2.75, 3.05) is 6.54 Å². The quantitative estimate of drug-likeness (QED) is 0.800. The van der Waals surface area contributed by atoms with Crippen LogP contribution in [-0.4, -0.2) is 33.3 Å². The summed E-state index contributed by atoms with van der Waals surface area (Å²) >= 11 is 0. The second-order valence-corrected chi connectivity index (χ2v) is 4.66. The molecule has 2 N–H and O–H groups in total. The Bertz CT molecular complexity index is 426. The van der Waals surface area contributed by atoms with Gasteiger partial charge in [0, 0.05) is 12.7 Å². The van der Waals surface area contributed by atoms with Crippen LogP contribution in [0.1, 0.15) is 43.6 Å². The van der Waals surface area contributed by atoms with Gasteiger partial charge in [-0.1, -0.05) is 13.8 Å². The average Bonchev–Trinajstić information content (AvgIpc) is 2.76. The number of rotatable bonds is 6. The molecule has 0 radical (unpaired) electrons. The van der Waals surface area contributed by atoms with Gasteiger partial charge < -0.3 is 10.4 Å². The number of carbonyl (C=O) groups is 2. The second-order valence-electron chi connectivity index (χ2n) is 4.66. The van der Waals surface area contributed by atoms with Gasteiger partial charge >= 0.3 is 5.97 Å². The maximum atomic E-state index is 11.8. The fraction of sp³-hybridized carbons (Fsp3) is 0.583. The van der Waals surface area contributed by atoms with Gasteiger partial charge in [0.05, 0.1) is 11.8 Å². The van der Waals surface area contributed by atoms with Crippen molar-refractivity contribution < 1.29 is 14.7 Å². The molecule has 0 saturated heterocycles. The topological polar surface area (TPSA) is 84.2 Å². The molecule has 1 rings (SSSR count). The third kappa shape index (κ3) is 3.87. The molecule has 1 unspecified atom stereocenters. The van der Waals surface area contributed by atoms with E-state index in [0.717, 1.165) is 6.42 Å². The predicted octanol–water partition coefficient (Wildman–Crippen LogP) is 1.30. The van der Waals surface area contributed by atoms with Crippen LogP contribution in [-0.2, 0) is 4.79 Å². The number of hydrogen-bond acceptors (Lipinski definition) is 3. The van der Waals surface area contributed by atoms with Crippen molar-refractivity contribution in [2.24, 2.45) is 5.92 Å². The van der Waals surface area contributed by atoms with E-state index < -0.39 is 12.0 Å². The van der Waals surface area contributed by atoms with E-state index >= 15 is 0 Å². The van der Waals surface area contributed by atoms with Gasteiger partial charge in [0.15, 0.2) is 0 Å². The Kier molecular flexibility index (Phi) is 4.88. The van der Waals surface area contributed by atoms with Gasteiger partial charge in [0.2, 0.25) is 5.91 Å². The van der Waals surface area contributed by atoms with E-state index in [1.54, 1.807) is 6.92 Å². The van der Waals surface area contributed by atoms with E-state index in [1.165, 1.54) is 17.1 Å². The Balaban J connectivity index is 2.54. The lowest BCUT2D eigenvalue weighted by atomic mass is 10.1. The van der Waals surface area contributed by atoms with Gasteiger partial charge in [-0.2, -0.15) is 5.10 Å². The number of nitrogens with one attached hydrogen (secondary N) is 1. The summed E-state index contributed by atoms with van der Waals surface area (Å²) < 4.78 is 1.36. The summed E-state index contributed by atoms with van der Waals surface area (Å²) in [7, 11) is 0. The molecule has 18 heavy (non-hydrogen) atoms. The fourth-order valence-corrected chi connectivity index (χ4v) is 1.41. The molecule has 1 aromatic rings. The maximum absolute atomic E-state index is 11.8. The molecule has 1 aromatic heterocycles. The van der Waals surface area contributed by atoms with Crippen LogP contribution in [0.15, 0.2) is 12.4 Å². The van der Waals surface area contributed by atoms with Crippen LogP contribution in [0.25, 0.3) is 0 Å². The highest BCUT2D eigenvalue weighted by Gasteiger charge is 2.17. The predicted molar refractivity (Wildman–Crippen MR) is 66.4 cm³/mol. The number of aromatic nitrogens is 2. The molecule has 1 atom stereocenters. The normalized spacial score (nSPS) is 12.4. The first kappa shape index (κ1) is 14.2. The number of amides is 1. The zero-order chi connectivity index (χ0) is 13.7. The number of nitrogens with zero attached hydrogens (tertiary/aromatic N) is 2. The number of hydrogen-bond donors (Lipinski definition) is 2. The van der Waals surface area contributed by atoms with Crippen LogP contribution < -0.4 is 5.32 Å². The summed E-state index contributed by atoms with van der Waals surface area (Å²) in [6.45, 7) is 6.47. The van der Waals surface area contributed by atoms with E-state index in [4.69, 9.17) is 5.11 Å². The summed E-state index contributed by atoms with van der Waals surface area (Å²) in [5.41, 5.74) is 0.0804. The molecule has 0 fully saturated rings. The highest BCUT2D eigenvalue weighted by Crippen LogP contribution is 2.07. The summed E-state index contributed by atoms with van der Waals surface area (Å²) in [5, 5.41) is 15.4. The van der Waals surface area contributed by atoms with Crippen molar-refractivity contribution in [1.29, 1.82) is 0 Å². The molecule has 0 aliphatic rings. The first-order valence-corrected chi connectivity index (χ1v) is 5.97. The number of carboxylic acids is 1. The Morgan fingerprint density at radius 2 is 2.11 bits per heavy atom. The van der Waals surface area contributed by atoms with E-state index in [9.17, 15) is 9.59 Å². The molecule has 0 bridgehead atoms. The van der Waals surface area contributed by atoms with Crippen molar-refractivity contribution >= 4 is 11.9 Å². The zero-order valence-corrected chi connectivity index (χ0v) is 10.9. The minimum Gasteiger partial charge on any atom is -0.478 e. The number of carboxylic acid groups (broad SMARTS) is 1. The lowest BCUT2D eigenvalue weighted by Crippen LogP contribution is -2.32. The summed E-state index contributed by atoms with van der Waals surface area (Å²) in [4.78, 5) is 22.5. The first-order chi connectivity index (χ1) is 8.41. The first-order valence-electron chi connectivity index (χ1n) is 5.97. The maximum Gasteiger partial charge on any atom is 0.338 e. The van der Waals surface area contributed by atoms with Crippen LogP contribution in [0.4, 0.5) is 0 Å². The van der Waals surface area contributed by atoms with Crippen LogP contribution in [0.2, 0.25) is 0 Å². The van der Waals surface area contributed by atoms with Crippen LogP contribution in [0, 0.1) is 5.92 Å². The standard InChI is InChI=1S/C12H19N3O3/c1-8(2)4-5-13-11(16)9(3)15-7-10(6-14-15)12(17)18/h6-9H,4-5H2,1-3H3,(H,13,16)(H,17,18). The molecule has 0 aliphatic heterocycles. The molecule has 0 saturated carbocycles. The Hall–Kier alpha value is -1.85. The van der Waals surface area contributed by atoms with Crippen molar-refractivity contribution in [3.63, 3.8) is 0 Å². The van der Waals surface area contributed by atoms with E-state index in [2.05, 4.69) is 24.3 Å². The van der Waals surface area contributed by atoms with Gasteiger partial charge in [0.1, 0.15) is 6.04 Å². The van der Waals surface area contributed by atoms with Crippen molar-refractivity contribution in [3.05, 3.63) is 18.0 Å². The minimum absolute atomic E-state index is 0.0804. The van der Waals surface area contributed by atoms with E-state index in [1.807, 2.05) is 0 Å². The van der Waals surface area contributed by atoms with Gasteiger partial charge in [0.25, 0.3) is 0 Å². The van der Waals surface area contributed by atoms with Gasteiger partial charge in [-0.15, -0.1) is 0 Å². The molecular weight excluding hydrogens is 234 g/mol. The molecule has 0 aromatic carbocycles. The summed E-state index contributed by atoms with van der Waals surface area (Å²) in [6.07, 6.45) is 3.51. The van der Waals surface area contributed by atoms with Gasteiger partial charge in [-0.3, -0.25) is 9.48 Å². The average molecular weight is 253 g/mol. The van der Waals surface area contributed by atoms with Crippen LogP contribution in [0.5, 0.6) is 0 Å². The van der Waals surface area contributed by atoms with Crippen LogP contribution >= 0.6 is 0 Å². The van der Waals surface area contributed by atoms with Crippen LogP contribution in [0.3, 0.4) is 0 Å². The van der Waals surface area contributed by atoms with E-state index in [-0.39, 0.29) is 11.5 Å². The highest BCUT2D eigenvalue weighted by atomic mass is 16.4. The Morgan fingerprint density at radius 3 is 2.61 bits per heavy atom. The molecule has 100 valence electrons. The third-order valence-corrected chi connectivity index (χ3v) is 2.65. The molecule has 1 amide bonds. The fourth-order valence-electron chi connectivity index (χ4n) is 1.41. The van der Waals surface area contributed by atoms with Gasteiger partial charge in [-0.05, 0) is 19.3 Å². The third-order valence-electron chi connectivity index (χ3n) is 2.65. The smallest absolute Gasteiger partial charge is 0.338 e. The molecule has 0 aliphatic carbocycles. The monoisotopic (exact) mass is 253 g/mol. The van der Waals surface area contributed by atoms with E-state index in [0.29, 0.717) is 12.5 Å². The SMILES string of the molecule is CC(C)CCNC(=O)C(C)n1cc(C(=O)O)cn1. The molecular formula is C12H19N3O3. The zero-order valence-electron chi connectivity index (χ0n) is 10.9. The highest BCUT2D eigenvalue weighted by molar-refractivity contribution is 5.87. The second kappa shape index (κ2) is 6.18. The lowest BCUT2D eigenvalue weighted by Gasteiger charge is -2.13. The minimum atomic E-state index is -1.05. The summed E-state index contributed by atoms with van der Waals surface area (Å²) in [5.74, 6) is -0.673. The Labute approximate surface area is 106 Å². The van der Waals surface area contributed by atoms with Crippen molar-refractivity contribution in [1.82, 2.24) is 15.1 Å². The molecule has 1 heterocycles. The van der Waals surface area contributed by atoms with Gasteiger partial charge in [-0.25, -0.2) is 4.79 Å². The molecule has 6 nitrogen and oxygen atoms in total. The largest absolute Gasteiger partial charge is 0.478 e. The van der Waals surface area contributed by atoms with Crippen molar-refractivity contribution in [3.8, 4) is 0 Å². The number of aromatic carboxylic acids is 1. The Morgan fingerprint density at radius 1 is 1.44 bits per heavy atom. The molecule has 0 spiro atoms. The van der Waals surface area contributed by atoms with Crippen molar-refractivity contribution in [2.45, 2.75) is 33.2 Å². The molecule has 6 heteroatoms.